The van der Waals surface area contributed by atoms with E-state index < -0.39 is 18.7 Å². The Hall–Kier alpha value is -1.34. The summed E-state index contributed by atoms with van der Waals surface area (Å²) in [7, 11) is -1.74. The summed E-state index contributed by atoms with van der Waals surface area (Å²) in [4.78, 5) is 11.8. The molecule has 0 spiro atoms. The lowest BCUT2D eigenvalue weighted by molar-refractivity contribution is 0.00629. The smallest absolute Gasteiger partial charge is 0.455 e. The number of ether oxygens (including phenoxy) is 1. The number of rotatable bonds is 3. The predicted molar refractivity (Wildman–Crippen MR) is 62.9 cm³/mol. The van der Waals surface area contributed by atoms with E-state index in [9.17, 15) is 4.79 Å². The first kappa shape index (κ1) is 13.7. The van der Waals surface area contributed by atoms with Gasteiger partial charge >= 0.3 is 13.1 Å². The summed E-state index contributed by atoms with van der Waals surface area (Å²) in [6.07, 6.45) is 1.42. The van der Waals surface area contributed by atoms with Crippen LogP contribution in [0.2, 0.25) is 0 Å². The quantitative estimate of drug-likeness (QED) is 0.551. The van der Waals surface area contributed by atoms with Crippen molar-refractivity contribution >= 4 is 18.6 Å². The number of hydrogen-bond donors (Lipinski definition) is 2. The molecule has 6 nitrogen and oxygen atoms in total. The van der Waals surface area contributed by atoms with Crippen molar-refractivity contribution in [2.75, 3.05) is 0 Å². The molecular formula is C10H17BN2O4. The molecule has 0 unspecified atom stereocenters. The minimum Gasteiger partial charge on any atom is -0.455 e. The highest BCUT2D eigenvalue weighted by Gasteiger charge is 2.28. The van der Waals surface area contributed by atoms with Gasteiger partial charge < -0.3 is 14.8 Å². The van der Waals surface area contributed by atoms with Crippen LogP contribution in [-0.2, 0) is 11.3 Å². The highest BCUT2D eigenvalue weighted by molar-refractivity contribution is 6.60. The monoisotopic (exact) mass is 240 g/mol. The van der Waals surface area contributed by atoms with Crippen LogP contribution in [0.3, 0.4) is 0 Å². The molecule has 17 heavy (non-hydrogen) atoms. The Bertz CT molecular complexity index is 409. The Kier molecular flexibility index (Phi) is 3.95. The number of esters is 1. The van der Waals surface area contributed by atoms with Gasteiger partial charge in [-0.15, -0.1) is 0 Å². The second-order valence-electron chi connectivity index (χ2n) is 4.66. The van der Waals surface area contributed by atoms with Crippen LogP contribution < -0.4 is 5.46 Å². The van der Waals surface area contributed by atoms with Crippen molar-refractivity contribution in [2.24, 2.45) is 0 Å². The maximum absolute atomic E-state index is 11.8. The lowest BCUT2D eigenvalue weighted by atomic mass is 9.80. The summed E-state index contributed by atoms with van der Waals surface area (Å²) in [5, 5.41) is 22.3. The molecule has 0 bridgehead atoms. The van der Waals surface area contributed by atoms with E-state index in [4.69, 9.17) is 14.8 Å². The average Bonchev–Trinajstić information content (AvgIpc) is 2.58. The minimum atomic E-state index is -1.74. The Morgan fingerprint density at radius 1 is 1.53 bits per heavy atom. The van der Waals surface area contributed by atoms with Crippen LogP contribution in [0.4, 0.5) is 0 Å². The normalized spacial score (nSPS) is 11.4. The maximum Gasteiger partial charge on any atom is 0.492 e. The van der Waals surface area contributed by atoms with E-state index in [-0.39, 0.29) is 11.2 Å². The Morgan fingerprint density at radius 3 is 2.53 bits per heavy atom. The minimum absolute atomic E-state index is 0.0566. The van der Waals surface area contributed by atoms with Crippen molar-refractivity contribution in [3.05, 3.63) is 11.9 Å². The molecule has 0 aliphatic rings. The van der Waals surface area contributed by atoms with Crippen LogP contribution in [0, 0.1) is 0 Å². The van der Waals surface area contributed by atoms with Gasteiger partial charge in [-0.2, -0.15) is 5.10 Å². The third kappa shape index (κ3) is 3.57. The molecular weight excluding hydrogens is 223 g/mol. The lowest BCUT2D eigenvalue weighted by Gasteiger charge is -2.18. The number of aryl methyl sites for hydroxylation is 1. The molecule has 7 heteroatoms. The SMILES string of the molecule is CCn1cc(B(O)O)c(C(=O)OC(C)(C)C)n1. The van der Waals surface area contributed by atoms with Crippen LogP contribution in [0.25, 0.3) is 0 Å². The molecule has 0 radical (unpaired) electrons. The van der Waals surface area contributed by atoms with E-state index >= 15 is 0 Å². The van der Waals surface area contributed by atoms with Gasteiger partial charge in [-0.1, -0.05) is 0 Å². The van der Waals surface area contributed by atoms with Gasteiger partial charge in [-0.25, -0.2) is 4.79 Å². The molecule has 0 atom stereocenters. The molecule has 0 aliphatic heterocycles. The van der Waals surface area contributed by atoms with E-state index in [2.05, 4.69) is 5.10 Å². The molecule has 0 aliphatic carbocycles. The van der Waals surface area contributed by atoms with E-state index in [0.29, 0.717) is 6.54 Å². The number of carbonyl (C=O) groups excluding carboxylic acids is 1. The van der Waals surface area contributed by atoms with Crippen molar-refractivity contribution in [3.8, 4) is 0 Å². The van der Waals surface area contributed by atoms with Crippen molar-refractivity contribution in [2.45, 2.75) is 39.8 Å². The molecule has 0 saturated carbocycles. The van der Waals surface area contributed by atoms with Gasteiger partial charge in [-0.3, -0.25) is 4.68 Å². The zero-order valence-corrected chi connectivity index (χ0v) is 10.5. The van der Waals surface area contributed by atoms with Crippen molar-refractivity contribution in [1.29, 1.82) is 0 Å². The molecule has 1 aromatic heterocycles. The third-order valence-corrected chi connectivity index (χ3v) is 1.98. The first-order valence-corrected chi connectivity index (χ1v) is 5.41. The van der Waals surface area contributed by atoms with Crippen LogP contribution in [-0.4, -0.2) is 38.5 Å². The highest BCUT2D eigenvalue weighted by atomic mass is 16.6. The van der Waals surface area contributed by atoms with Gasteiger partial charge in [0.25, 0.3) is 0 Å². The second-order valence-corrected chi connectivity index (χ2v) is 4.66. The molecule has 0 aromatic carbocycles. The Morgan fingerprint density at radius 2 is 2.12 bits per heavy atom. The fourth-order valence-corrected chi connectivity index (χ4v) is 1.27. The van der Waals surface area contributed by atoms with E-state index in [0.717, 1.165) is 0 Å². The Balaban J connectivity index is 3.03. The molecule has 1 rings (SSSR count). The molecule has 2 N–H and O–H groups in total. The first-order valence-electron chi connectivity index (χ1n) is 5.41. The zero-order valence-electron chi connectivity index (χ0n) is 10.5. The summed E-state index contributed by atoms with van der Waals surface area (Å²) >= 11 is 0. The molecule has 0 saturated heterocycles. The number of hydrogen-bond acceptors (Lipinski definition) is 5. The maximum atomic E-state index is 11.8. The van der Waals surface area contributed by atoms with E-state index in [1.54, 1.807) is 20.8 Å². The molecule has 1 aromatic rings. The van der Waals surface area contributed by atoms with Crippen LogP contribution in [0.1, 0.15) is 38.2 Å². The molecule has 1 heterocycles. The van der Waals surface area contributed by atoms with Gasteiger partial charge in [0.2, 0.25) is 0 Å². The fraction of sp³-hybridized carbons (Fsp3) is 0.600. The van der Waals surface area contributed by atoms with Crippen molar-refractivity contribution in [3.63, 3.8) is 0 Å². The second kappa shape index (κ2) is 4.89. The summed E-state index contributed by atoms with van der Waals surface area (Å²) < 4.78 is 6.59. The molecule has 0 amide bonds. The van der Waals surface area contributed by atoms with Crippen LogP contribution >= 0.6 is 0 Å². The summed E-state index contributed by atoms with van der Waals surface area (Å²) in [5.74, 6) is -0.659. The summed E-state index contributed by atoms with van der Waals surface area (Å²) in [6.45, 7) is 7.56. The van der Waals surface area contributed by atoms with Gasteiger partial charge in [0, 0.05) is 18.2 Å². The molecule has 0 fully saturated rings. The largest absolute Gasteiger partial charge is 0.492 e. The third-order valence-electron chi connectivity index (χ3n) is 1.98. The van der Waals surface area contributed by atoms with Crippen molar-refractivity contribution in [1.82, 2.24) is 9.78 Å². The molecule has 94 valence electrons. The summed E-state index contributed by atoms with van der Waals surface area (Å²) in [6, 6.07) is 0. The van der Waals surface area contributed by atoms with Gasteiger partial charge in [0.1, 0.15) is 5.60 Å². The predicted octanol–water partition coefficient (Wildman–Crippen LogP) is -0.462. The van der Waals surface area contributed by atoms with E-state index in [1.807, 2.05) is 6.92 Å². The van der Waals surface area contributed by atoms with Crippen LogP contribution in [0.5, 0.6) is 0 Å². The van der Waals surface area contributed by atoms with Gasteiger partial charge in [0.05, 0.1) is 0 Å². The fourth-order valence-electron chi connectivity index (χ4n) is 1.27. The summed E-state index contributed by atoms with van der Waals surface area (Å²) in [5.41, 5.74) is -0.650. The topological polar surface area (TPSA) is 84.6 Å². The number of carbonyl (C=O) groups is 1. The van der Waals surface area contributed by atoms with Gasteiger partial charge in [-0.05, 0) is 27.7 Å². The lowest BCUT2D eigenvalue weighted by Crippen LogP contribution is -2.35. The highest BCUT2D eigenvalue weighted by Crippen LogP contribution is 2.10. The number of aromatic nitrogens is 2. The number of nitrogens with zero attached hydrogens (tertiary/aromatic N) is 2. The van der Waals surface area contributed by atoms with Crippen molar-refractivity contribution < 1.29 is 19.6 Å². The van der Waals surface area contributed by atoms with Crippen LogP contribution in [0.15, 0.2) is 6.20 Å². The average molecular weight is 240 g/mol. The van der Waals surface area contributed by atoms with Gasteiger partial charge in [0.15, 0.2) is 5.69 Å². The Labute approximate surface area is 100 Å². The first-order chi connectivity index (χ1) is 7.74. The van der Waals surface area contributed by atoms with E-state index in [1.165, 1.54) is 10.9 Å². The standard InChI is InChI=1S/C10H17BN2O4/c1-5-13-6-7(11(15)16)8(12-13)9(14)17-10(2,3)4/h6,15-16H,5H2,1-4H3. The zero-order chi connectivity index (χ0) is 13.2.